The van der Waals surface area contributed by atoms with Crippen molar-refractivity contribution in [1.82, 2.24) is 9.78 Å². The third-order valence-corrected chi connectivity index (χ3v) is 2.64. The van der Waals surface area contributed by atoms with Crippen LogP contribution in [0, 0.1) is 5.92 Å². The van der Waals surface area contributed by atoms with E-state index in [2.05, 4.69) is 18.9 Å². The van der Waals surface area contributed by atoms with E-state index in [1.807, 2.05) is 7.05 Å². The lowest BCUT2D eigenvalue weighted by atomic mass is 9.92. The van der Waals surface area contributed by atoms with Gasteiger partial charge in [0, 0.05) is 19.5 Å². The predicted octanol–water partition coefficient (Wildman–Crippen LogP) is 1.77. The molecule has 0 saturated carbocycles. The molecule has 1 aromatic rings. The monoisotopic (exact) mass is 201 g/mol. The quantitative estimate of drug-likeness (QED) is 0.810. The summed E-state index contributed by atoms with van der Waals surface area (Å²) < 4.78 is 1.81. The van der Waals surface area contributed by atoms with Gasteiger partial charge in [-0.2, -0.15) is 5.10 Å². The zero-order chi connectivity index (χ0) is 10.0. The minimum absolute atomic E-state index is 0.292. The average molecular weight is 202 g/mol. The van der Waals surface area contributed by atoms with Gasteiger partial charge in [-0.1, -0.05) is 25.4 Å². The largest absolute Gasteiger partial charge is 0.330 e. The number of halogens is 1. The fraction of sp³-hybridized carbons (Fsp3) is 0.667. The van der Waals surface area contributed by atoms with Crippen LogP contribution < -0.4 is 5.73 Å². The molecule has 0 radical (unpaired) electrons. The maximum Gasteiger partial charge on any atom is 0.0821 e. The molecule has 0 aliphatic heterocycles. The van der Waals surface area contributed by atoms with Gasteiger partial charge >= 0.3 is 0 Å². The Balaban J connectivity index is 3.03. The molecule has 1 aromatic heterocycles. The Morgan fingerprint density at radius 3 is 2.54 bits per heavy atom. The minimum Gasteiger partial charge on any atom is -0.330 e. The first-order chi connectivity index (χ1) is 6.07. The third-order valence-electron chi connectivity index (χ3n) is 2.35. The van der Waals surface area contributed by atoms with E-state index in [0.717, 1.165) is 5.69 Å². The fourth-order valence-electron chi connectivity index (χ4n) is 1.54. The molecule has 2 N–H and O–H groups in total. The second-order valence-electron chi connectivity index (χ2n) is 3.59. The summed E-state index contributed by atoms with van der Waals surface area (Å²) in [4.78, 5) is 0. The van der Waals surface area contributed by atoms with Crippen molar-refractivity contribution < 1.29 is 0 Å². The van der Waals surface area contributed by atoms with E-state index in [1.54, 1.807) is 10.9 Å². The number of hydrogen-bond donors (Lipinski definition) is 1. The molecule has 0 saturated heterocycles. The van der Waals surface area contributed by atoms with E-state index >= 15 is 0 Å². The smallest absolute Gasteiger partial charge is 0.0821 e. The van der Waals surface area contributed by atoms with Crippen molar-refractivity contribution >= 4 is 11.6 Å². The van der Waals surface area contributed by atoms with Gasteiger partial charge in [-0.25, -0.2) is 0 Å². The summed E-state index contributed by atoms with van der Waals surface area (Å²) in [5.74, 6) is 0.776. The van der Waals surface area contributed by atoms with Crippen LogP contribution in [0.5, 0.6) is 0 Å². The van der Waals surface area contributed by atoms with Crippen molar-refractivity contribution in [3.63, 3.8) is 0 Å². The van der Waals surface area contributed by atoms with Crippen LogP contribution in [-0.2, 0) is 7.05 Å². The maximum absolute atomic E-state index is 6.02. The zero-order valence-electron chi connectivity index (χ0n) is 8.29. The van der Waals surface area contributed by atoms with Gasteiger partial charge in [0.1, 0.15) is 0 Å². The van der Waals surface area contributed by atoms with Gasteiger partial charge in [-0.05, 0) is 5.92 Å². The molecule has 0 aromatic carbocycles. The first kappa shape index (κ1) is 10.5. The van der Waals surface area contributed by atoms with Crippen molar-refractivity contribution in [2.75, 3.05) is 6.54 Å². The topological polar surface area (TPSA) is 43.8 Å². The van der Waals surface area contributed by atoms with Crippen LogP contribution in [0.4, 0.5) is 0 Å². The Morgan fingerprint density at radius 2 is 2.23 bits per heavy atom. The SMILES string of the molecule is CC(C)C(CN)c1c(Cl)cnn1C. The van der Waals surface area contributed by atoms with E-state index < -0.39 is 0 Å². The second kappa shape index (κ2) is 4.11. The molecular formula is C9H16ClN3. The number of nitrogens with two attached hydrogens (primary N) is 1. The van der Waals surface area contributed by atoms with Gasteiger partial charge in [0.15, 0.2) is 0 Å². The molecule has 1 heterocycles. The lowest BCUT2D eigenvalue weighted by molar-refractivity contribution is 0.474. The molecule has 0 spiro atoms. The molecule has 0 bridgehead atoms. The predicted molar refractivity (Wildman–Crippen MR) is 54.9 cm³/mol. The molecule has 1 rings (SSSR count). The van der Waals surface area contributed by atoms with Crippen LogP contribution in [0.2, 0.25) is 5.02 Å². The van der Waals surface area contributed by atoms with Gasteiger partial charge < -0.3 is 5.73 Å². The van der Waals surface area contributed by atoms with Gasteiger partial charge in [0.25, 0.3) is 0 Å². The van der Waals surface area contributed by atoms with Crippen LogP contribution in [0.1, 0.15) is 25.5 Å². The molecule has 1 unspecified atom stereocenters. The van der Waals surface area contributed by atoms with Crippen molar-refractivity contribution in [2.24, 2.45) is 18.7 Å². The van der Waals surface area contributed by atoms with Gasteiger partial charge in [0.05, 0.1) is 16.9 Å². The summed E-state index contributed by atoms with van der Waals surface area (Å²) in [6.45, 7) is 4.89. The van der Waals surface area contributed by atoms with Crippen molar-refractivity contribution in [1.29, 1.82) is 0 Å². The Bertz CT molecular complexity index is 261. The number of hydrogen-bond acceptors (Lipinski definition) is 2. The minimum atomic E-state index is 0.292. The molecule has 3 nitrogen and oxygen atoms in total. The molecule has 0 aliphatic carbocycles. The number of rotatable bonds is 3. The van der Waals surface area contributed by atoms with Crippen molar-refractivity contribution in [3.8, 4) is 0 Å². The summed E-state index contributed by atoms with van der Waals surface area (Å²) in [5, 5.41) is 4.81. The second-order valence-corrected chi connectivity index (χ2v) is 3.99. The molecule has 13 heavy (non-hydrogen) atoms. The van der Waals surface area contributed by atoms with Crippen molar-refractivity contribution in [2.45, 2.75) is 19.8 Å². The number of aryl methyl sites for hydroxylation is 1. The summed E-state index contributed by atoms with van der Waals surface area (Å²) >= 11 is 6.02. The highest BCUT2D eigenvalue weighted by Crippen LogP contribution is 2.28. The summed E-state index contributed by atoms with van der Waals surface area (Å²) in [7, 11) is 1.90. The van der Waals surface area contributed by atoms with Gasteiger partial charge in [0.2, 0.25) is 0 Å². The normalized spacial score (nSPS) is 13.7. The summed E-state index contributed by atoms with van der Waals surface area (Å²) in [5.41, 5.74) is 6.74. The number of nitrogens with zero attached hydrogens (tertiary/aromatic N) is 2. The van der Waals surface area contributed by atoms with E-state index in [-0.39, 0.29) is 0 Å². The fourth-order valence-corrected chi connectivity index (χ4v) is 1.84. The lowest BCUT2D eigenvalue weighted by Gasteiger charge is -2.19. The van der Waals surface area contributed by atoms with Crippen LogP contribution in [0.15, 0.2) is 6.20 Å². The average Bonchev–Trinajstić information content (AvgIpc) is 2.36. The molecule has 0 amide bonds. The van der Waals surface area contributed by atoms with Gasteiger partial charge in [-0.15, -0.1) is 0 Å². The van der Waals surface area contributed by atoms with E-state index in [4.69, 9.17) is 17.3 Å². The van der Waals surface area contributed by atoms with E-state index in [9.17, 15) is 0 Å². The van der Waals surface area contributed by atoms with Crippen LogP contribution in [-0.4, -0.2) is 16.3 Å². The first-order valence-corrected chi connectivity index (χ1v) is 4.83. The Labute approximate surface area is 83.9 Å². The molecular weight excluding hydrogens is 186 g/mol. The lowest BCUT2D eigenvalue weighted by Crippen LogP contribution is -2.20. The Hall–Kier alpha value is -0.540. The van der Waals surface area contributed by atoms with Crippen molar-refractivity contribution in [3.05, 3.63) is 16.9 Å². The van der Waals surface area contributed by atoms with Crippen LogP contribution in [0.25, 0.3) is 0 Å². The highest BCUT2D eigenvalue weighted by molar-refractivity contribution is 6.31. The summed E-state index contributed by atoms with van der Waals surface area (Å²) in [6, 6.07) is 0. The summed E-state index contributed by atoms with van der Waals surface area (Å²) in [6.07, 6.45) is 1.67. The van der Waals surface area contributed by atoms with Crippen LogP contribution >= 0.6 is 11.6 Å². The molecule has 0 aliphatic rings. The zero-order valence-corrected chi connectivity index (χ0v) is 9.04. The maximum atomic E-state index is 6.02. The number of aromatic nitrogens is 2. The van der Waals surface area contributed by atoms with Crippen LogP contribution in [0.3, 0.4) is 0 Å². The molecule has 0 fully saturated rings. The van der Waals surface area contributed by atoms with E-state index in [1.165, 1.54) is 0 Å². The van der Waals surface area contributed by atoms with E-state index in [0.29, 0.717) is 23.4 Å². The first-order valence-electron chi connectivity index (χ1n) is 4.45. The highest BCUT2D eigenvalue weighted by atomic mass is 35.5. The molecule has 4 heteroatoms. The molecule has 1 atom stereocenters. The standard InChI is InChI=1S/C9H16ClN3/c1-6(2)7(4-11)9-8(10)5-12-13(9)3/h5-7H,4,11H2,1-3H3. The van der Waals surface area contributed by atoms with Gasteiger partial charge in [-0.3, -0.25) is 4.68 Å². The molecule has 74 valence electrons. The Morgan fingerprint density at radius 1 is 1.62 bits per heavy atom. The third kappa shape index (κ3) is 2.03. The Kier molecular flexibility index (Phi) is 3.33. The highest BCUT2D eigenvalue weighted by Gasteiger charge is 2.20.